The first-order valence-corrected chi connectivity index (χ1v) is 12.1. The van der Waals surface area contributed by atoms with Crippen LogP contribution < -0.4 is 31.0 Å². The molecule has 3 aliphatic rings. The molecule has 1 aromatic carbocycles. The quantitative estimate of drug-likeness (QED) is 0.481. The molecule has 192 valence electrons. The molecular weight excluding hydrogens is 476 g/mol. The summed E-state index contributed by atoms with van der Waals surface area (Å²) in [5.74, 6) is 1.88. The van der Waals surface area contributed by atoms with Crippen molar-refractivity contribution >= 4 is 28.4 Å². The van der Waals surface area contributed by atoms with Crippen LogP contribution in [-0.2, 0) is 22.3 Å². The van der Waals surface area contributed by atoms with Crippen LogP contribution in [0.3, 0.4) is 0 Å². The molecule has 4 heterocycles. The van der Waals surface area contributed by atoms with Gasteiger partial charge in [-0.1, -0.05) is 0 Å². The highest BCUT2D eigenvalue weighted by atomic mass is 16.7. The molecule has 0 radical (unpaired) electrons. The fraction of sp³-hybridized carbons (Fsp3) is 0.360. The number of ether oxygens (including phenoxy) is 4. The third-order valence-corrected chi connectivity index (χ3v) is 6.64. The Balaban J connectivity index is 1.27. The standard InChI is InChI=1S/C25H28N8O4/c1-34-20-9-17-19(10-21(20)35-2)28-14-29-23(17)33-13-22(26)31-24(32-33)30-16-8-15-11-25(36-6-7-37-25)5-3-4-18(15)27-12-16/h8-10,12-14H,3-7,11,26H2,1-2H3,(H2,30,31,32). The molecular formula is C25H28N8O4. The van der Waals surface area contributed by atoms with E-state index in [4.69, 9.17) is 29.7 Å². The first-order valence-electron chi connectivity index (χ1n) is 12.1. The molecule has 1 saturated heterocycles. The van der Waals surface area contributed by atoms with Gasteiger partial charge in [0.2, 0.25) is 5.96 Å². The maximum absolute atomic E-state index is 6.18. The summed E-state index contributed by atoms with van der Waals surface area (Å²) in [4.78, 5) is 18.0. The van der Waals surface area contributed by atoms with E-state index < -0.39 is 5.79 Å². The molecule has 12 heteroatoms. The number of hydrogen-bond acceptors (Lipinski definition) is 12. The number of hydrazine groups is 1. The molecule has 2 aromatic heterocycles. The molecule has 3 aromatic rings. The van der Waals surface area contributed by atoms with Crippen molar-refractivity contribution in [3.8, 4) is 11.5 Å². The summed E-state index contributed by atoms with van der Waals surface area (Å²) in [6.07, 6.45) is 8.32. The number of nitrogens with zero attached hydrogens (tertiary/aromatic N) is 5. The normalized spacial score (nSPS) is 18.5. The average Bonchev–Trinajstić information content (AvgIpc) is 3.28. The van der Waals surface area contributed by atoms with Crippen LogP contribution in [0.15, 0.2) is 47.7 Å². The summed E-state index contributed by atoms with van der Waals surface area (Å²) in [6, 6.07) is 5.70. The summed E-state index contributed by atoms with van der Waals surface area (Å²) in [5, 5.41) is 5.72. The molecule has 0 amide bonds. The van der Waals surface area contributed by atoms with Crippen LogP contribution in [0, 0.1) is 0 Å². The van der Waals surface area contributed by atoms with Gasteiger partial charge in [0.1, 0.15) is 12.1 Å². The highest BCUT2D eigenvalue weighted by Crippen LogP contribution is 2.36. The Morgan fingerprint density at radius 1 is 1.08 bits per heavy atom. The SMILES string of the molecule is COc1cc2ncnc(N3C=C(N)N=C(Nc4cnc5c(c4)CC4(CCC5)OCCO4)N3)c2cc1OC. The Hall–Kier alpha value is -4.16. The topological polar surface area (TPSA) is 141 Å². The van der Waals surface area contributed by atoms with Gasteiger partial charge in [-0.25, -0.2) is 15.0 Å². The van der Waals surface area contributed by atoms with Crippen LogP contribution in [0.5, 0.6) is 11.5 Å². The fourth-order valence-electron chi connectivity index (χ4n) is 4.96. The molecule has 0 atom stereocenters. The van der Waals surface area contributed by atoms with Gasteiger partial charge in [-0.2, -0.15) is 4.99 Å². The zero-order valence-corrected chi connectivity index (χ0v) is 20.7. The molecule has 4 N–H and O–H groups in total. The molecule has 1 spiro atoms. The molecule has 0 bridgehead atoms. The third-order valence-electron chi connectivity index (χ3n) is 6.64. The zero-order chi connectivity index (χ0) is 25.4. The lowest BCUT2D eigenvalue weighted by Gasteiger charge is -2.27. The van der Waals surface area contributed by atoms with Gasteiger partial charge in [0.05, 0.1) is 51.0 Å². The lowest BCUT2D eigenvalue weighted by atomic mass is 10.0. The van der Waals surface area contributed by atoms with Crippen molar-refractivity contribution in [2.24, 2.45) is 10.7 Å². The summed E-state index contributed by atoms with van der Waals surface area (Å²) in [7, 11) is 3.17. The van der Waals surface area contributed by atoms with Crippen molar-refractivity contribution in [2.45, 2.75) is 31.5 Å². The maximum Gasteiger partial charge on any atom is 0.222 e. The predicted octanol–water partition coefficient (Wildman–Crippen LogP) is 2.21. The number of benzene rings is 1. The molecule has 1 fully saturated rings. The second kappa shape index (κ2) is 9.37. The zero-order valence-electron chi connectivity index (χ0n) is 20.7. The van der Waals surface area contributed by atoms with E-state index >= 15 is 0 Å². The number of aromatic nitrogens is 3. The van der Waals surface area contributed by atoms with Crippen LogP contribution in [-0.4, -0.2) is 54.1 Å². The van der Waals surface area contributed by atoms with Gasteiger partial charge in [0, 0.05) is 30.0 Å². The summed E-state index contributed by atoms with van der Waals surface area (Å²) in [5.41, 5.74) is 13.0. The molecule has 1 aliphatic carbocycles. The number of methoxy groups -OCH3 is 2. The largest absolute Gasteiger partial charge is 0.493 e. The molecule has 12 nitrogen and oxygen atoms in total. The van der Waals surface area contributed by atoms with Crippen LogP contribution in [0.2, 0.25) is 0 Å². The Morgan fingerprint density at radius 2 is 1.89 bits per heavy atom. The number of aliphatic imine (C=N–C) groups is 1. The first-order chi connectivity index (χ1) is 18.1. The Kier molecular flexibility index (Phi) is 5.89. The number of aryl methyl sites for hydroxylation is 1. The minimum atomic E-state index is -0.548. The molecule has 0 unspecified atom stereocenters. The van der Waals surface area contributed by atoms with Gasteiger partial charge in [0.15, 0.2) is 23.1 Å². The summed E-state index contributed by atoms with van der Waals surface area (Å²) >= 11 is 0. The number of fused-ring (bicyclic) bond motifs is 2. The van der Waals surface area contributed by atoms with Gasteiger partial charge in [-0.05, 0) is 30.5 Å². The number of nitrogens with one attached hydrogen (secondary N) is 2. The lowest BCUT2D eigenvalue weighted by molar-refractivity contribution is -0.160. The van der Waals surface area contributed by atoms with E-state index in [1.54, 1.807) is 37.7 Å². The number of hydrogen-bond donors (Lipinski definition) is 3. The highest BCUT2D eigenvalue weighted by Gasteiger charge is 2.38. The van der Waals surface area contributed by atoms with Gasteiger partial charge in [0.25, 0.3) is 0 Å². The van der Waals surface area contributed by atoms with Crippen LogP contribution >= 0.6 is 0 Å². The Labute approximate surface area is 213 Å². The van der Waals surface area contributed by atoms with Gasteiger partial charge in [-0.15, -0.1) is 0 Å². The highest BCUT2D eigenvalue weighted by molar-refractivity contribution is 5.98. The predicted molar refractivity (Wildman–Crippen MR) is 137 cm³/mol. The molecule has 6 rings (SSSR count). The second-order valence-corrected chi connectivity index (χ2v) is 9.01. The third kappa shape index (κ3) is 4.45. The fourth-order valence-corrected chi connectivity index (χ4v) is 4.96. The summed E-state index contributed by atoms with van der Waals surface area (Å²) < 4.78 is 22.9. The van der Waals surface area contributed by atoms with Crippen LogP contribution in [0.25, 0.3) is 10.9 Å². The molecule has 37 heavy (non-hydrogen) atoms. The van der Waals surface area contributed by atoms with E-state index in [9.17, 15) is 0 Å². The van der Waals surface area contributed by atoms with E-state index in [-0.39, 0.29) is 0 Å². The summed E-state index contributed by atoms with van der Waals surface area (Å²) in [6.45, 7) is 1.25. The smallest absolute Gasteiger partial charge is 0.222 e. The molecule has 0 saturated carbocycles. The van der Waals surface area contributed by atoms with Crippen molar-refractivity contribution in [3.63, 3.8) is 0 Å². The number of anilines is 2. The minimum Gasteiger partial charge on any atom is -0.493 e. The van der Waals surface area contributed by atoms with Crippen molar-refractivity contribution < 1.29 is 18.9 Å². The van der Waals surface area contributed by atoms with Crippen LogP contribution in [0.1, 0.15) is 24.1 Å². The molecule has 2 aliphatic heterocycles. The lowest BCUT2D eigenvalue weighted by Crippen LogP contribution is -2.46. The number of nitrogens with two attached hydrogens (primary N) is 1. The van der Waals surface area contributed by atoms with Crippen molar-refractivity contribution in [1.29, 1.82) is 0 Å². The Morgan fingerprint density at radius 3 is 2.70 bits per heavy atom. The first kappa shape index (κ1) is 23.3. The second-order valence-electron chi connectivity index (χ2n) is 9.01. The van der Waals surface area contributed by atoms with E-state index in [1.165, 1.54) is 6.33 Å². The Bertz CT molecular complexity index is 1400. The maximum atomic E-state index is 6.18. The number of pyridine rings is 1. The van der Waals surface area contributed by atoms with E-state index in [0.717, 1.165) is 41.6 Å². The van der Waals surface area contributed by atoms with Gasteiger partial charge >= 0.3 is 0 Å². The van der Waals surface area contributed by atoms with Crippen molar-refractivity contribution in [2.75, 3.05) is 37.8 Å². The average molecular weight is 505 g/mol. The number of guanidine groups is 1. The van der Waals surface area contributed by atoms with Gasteiger partial charge in [-0.3, -0.25) is 10.4 Å². The van der Waals surface area contributed by atoms with E-state index in [1.807, 2.05) is 6.07 Å². The van der Waals surface area contributed by atoms with Crippen LogP contribution in [0.4, 0.5) is 11.5 Å². The van der Waals surface area contributed by atoms with Gasteiger partial charge < -0.3 is 30.0 Å². The van der Waals surface area contributed by atoms with Crippen molar-refractivity contribution in [3.05, 3.63) is 54.0 Å². The monoisotopic (exact) mass is 504 g/mol. The number of rotatable bonds is 4. The van der Waals surface area contributed by atoms with E-state index in [2.05, 4.69) is 31.8 Å². The van der Waals surface area contributed by atoms with E-state index in [0.29, 0.717) is 54.2 Å². The van der Waals surface area contributed by atoms with Crippen molar-refractivity contribution in [1.82, 2.24) is 20.4 Å². The minimum absolute atomic E-state index is 0.294.